The second-order valence-electron chi connectivity index (χ2n) is 6.62. The largest absolute Gasteiger partial charge is 0.341 e. The highest BCUT2D eigenvalue weighted by Gasteiger charge is 2.33. The average molecular weight is 340 g/mol. The van der Waals surface area contributed by atoms with E-state index < -0.39 is 9.84 Å². The van der Waals surface area contributed by atoms with E-state index in [9.17, 15) is 13.2 Å². The van der Waals surface area contributed by atoms with Crippen LogP contribution >= 0.6 is 0 Å². The van der Waals surface area contributed by atoms with Crippen LogP contribution in [0.5, 0.6) is 0 Å². The van der Waals surface area contributed by atoms with Gasteiger partial charge in [0.1, 0.15) is 5.82 Å². The number of nitrogens with zero attached hydrogens (tertiary/aromatic N) is 4. The predicted molar refractivity (Wildman–Crippen MR) is 86.8 cm³/mol. The molecule has 1 unspecified atom stereocenters. The molecule has 3 rings (SSSR count). The monoisotopic (exact) mass is 340 g/mol. The van der Waals surface area contributed by atoms with E-state index in [1.54, 1.807) is 11.9 Å². The number of hydrogen-bond acceptors (Lipinski definition) is 5. The highest BCUT2D eigenvalue weighted by Crippen LogP contribution is 2.19. The zero-order valence-corrected chi connectivity index (χ0v) is 14.8. The van der Waals surface area contributed by atoms with Gasteiger partial charge in [0, 0.05) is 31.9 Å². The lowest BCUT2D eigenvalue weighted by Crippen LogP contribution is -2.45. The van der Waals surface area contributed by atoms with E-state index in [1.165, 1.54) is 5.69 Å². The van der Waals surface area contributed by atoms with Gasteiger partial charge in [-0.05, 0) is 20.3 Å². The van der Waals surface area contributed by atoms with Gasteiger partial charge >= 0.3 is 0 Å². The second kappa shape index (κ2) is 5.90. The van der Waals surface area contributed by atoms with Crippen molar-refractivity contribution < 1.29 is 13.2 Å². The summed E-state index contributed by atoms with van der Waals surface area (Å²) in [6.45, 7) is 6.71. The topological polar surface area (TPSA) is 75.5 Å². The van der Waals surface area contributed by atoms with Crippen LogP contribution in [0.2, 0.25) is 0 Å². The molecule has 0 saturated carbocycles. The Hall–Kier alpha value is -1.41. The number of carbonyl (C=O) groups excluding carboxylic acids is 1. The Labute approximate surface area is 137 Å². The SMILES string of the molecule is Cc1nc2n(c1C)CCN(CC(=O)N(C)C1CCS(=O)(=O)C1)C2. The minimum absolute atomic E-state index is 0.0134. The Kier molecular flexibility index (Phi) is 4.22. The van der Waals surface area contributed by atoms with Crippen LogP contribution in [0.25, 0.3) is 0 Å². The molecular weight excluding hydrogens is 316 g/mol. The lowest BCUT2D eigenvalue weighted by molar-refractivity contribution is -0.133. The summed E-state index contributed by atoms with van der Waals surface area (Å²) in [5, 5.41) is 0. The van der Waals surface area contributed by atoms with Crippen LogP contribution in [0, 0.1) is 13.8 Å². The number of hydrogen-bond donors (Lipinski definition) is 0. The number of fused-ring (bicyclic) bond motifs is 1. The first-order valence-corrected chi connectivity index (χ1v) is 9.80. The Balaban J connectivity index is 1.61. The van der Waals surface area contributed by atoms with E-state index in [1.807, 2.05) is 6.92 Å². The van der Waals surface area contributed by atoms with E-state index in [-0.39, 0.29) is 23.5 Å². The number of aryl methyl sites for hydroxylation is 1. The molecule has 0 aliphatic carbocycles. The van der Waals surface area contributed by atoms with Gasteiger partial charge in [-0.15, -0.1) is 0 Å². The molecule has 0 radical (unpaired) electrons. The number of carbonyl (C=O) groups is 1. The zero-order valence-electron chi connectivity index (χ0n) is 13.9. The summed E-state index contributed by atoms with van der Waals surface area (Å²) in [4.78, 5) is 20.7. The number of imidazole rings is 1. The van der Waals surface area contributed by atoms with Crippen molar-refractivity contribution in [1.29, 1.82) is 0 Å². The van der Waals surface area contributed by atoms with E-state index in [2.05, 4.69) is 21.4 Å². The van der Waals surface area contributed by atoms with Gasteiger partial charge in [0.25, 0.3) is 0 Å². The molecule has 1 amide bonds. The van der Waals surface area contributed by atoms with Crippen molar-refractivity contribution in [3.8, 4) is 0 Å². The molecule has 1 fully saturated rings. The number of amides is 1. The molecule has 1 atom stereocenters. The molecule has 1 aromatic heterocycles. The van der Waals surface area contributed by atoms with E-state index in [0.717, 1.165) is 24.6 Å². The number of rotatable bonds is 3. The van der Waals surface area contributed by atoms with Gasteiger partial charge in [0.05, 0.1) is 30.3 Å². The summed E-state index contributed by atoms with van der Waals surface area (Å²) < 4.78 is 25.4. The highest BCUT2D eigenvalue weighted by molar-refractivity contribution is 7.91. The van der Waals surface area contributed by atoms with Gasteiger partial charge < -0.3 is 9.47 Å². The van der Waals surface area contributed by atoms with Crippen molar-refractivity contribution in [3.63, 3.8) is 0 Å². The lowest BCUT2D eigenvalue weighted by atomic mass is 10.2. The summed E-state index contributed by atoms with van der Waals surface area (Å²) in [6.07, 6.45) is 0.549. The Morgan fingerprint density at radius 2 is 2.09 bits per heavy atom. The van der Waals surface area contributed by atoms with Crippen LogP contribution in [0.4, 0.5) is 0 Å². The van der Waals surface area contributed by atoms with Crippen molar-refractivity contribution in [2.75, 3.05) is 31.6 Å². The molecule has 1 saturated heterocycles. The molecule has 0 N–H and O–H groups in total. The van der Waals surface area contributed by atoms with Gasteiger partial charge in [0.15, 0.2) is 9.84 Å². The van der Waals surface area contributed by atoms with Crippen molar-refractivity contribution in [1.82, 2.24) is 19.4 Å². The smallest absolute Gasteiger partial charge is 0.236 e. The fourth-order valence-corrected chi connectivity index (χ4v) is 5.16. The summed E-state index contributed by atoms with van der Waals surface area (Å²) in [7, 11) is -1.25. The third-order valence-corrected chi connectivity index (χ3v) is 6.80. The summed E-state index contributed by atoms with van der Waals surface area (Å²) in [5.74, 6) is 1.28. The lowest BCUT2D eigenvalue weighted by Gasteiger charge is -2.30. The average Bonchev–Trinajstić information content (AvgIpc) is 2.98. The van der Waals surface area contributed by atoms with E-state index in [0.29, 0.717) is 19.5 Å². The molecular formula is C15H24N4O3S. The van der Waals surface area contributed by atoms with Crippen LogP contribution in [-0.4, -0.2) is 71.4 Å². The molecule has 23 heavy (non-hydrogen) atoms. The van der Waals surface area contributed by atoms with E-state index in [4.69, 9.17) is 0 Å². The van der Waals surface area contributed by atoms with Gasteiger partial charge in [-0.1, -0.05) is 0 Å². The normalized spacial score (nSPS) is 23.7. The van der Waals surface area contributed by atoms with Crippen molar-refractivity contribution in [2.24, 2.45) is 0 Å². The summed E-state index contributed by atoms with van der Waals surface area (Å²) in [5.41, 5.74) is 2.24. The van der Waals surface area contributed by atoms with Crippen molar-refractivity contribution in [2.45, 2.75) is 39.4 Å². The molecule has 0 bridgehead atoms. The fraction of sp³-hybridized carbons (Fsp3) is 0.733. The maximum atomic E-state index is 12.5. The maximum Gasteiger partial charge on any atom is 0.236 e. The van der Waals surface area contributed by atoms with Gasteiger partial charge in [-0.3, -0.25) is 9.69 Å². The molecule has 8 heteroatoms. The molecule has 7 nitrogen and oxygen atoms in total. The van der Waals surface area contributed by atoms with Gasteiger partial charge in [0.2, 0.25) is 5.91 Å². The quantitative estimate of drug-likeness (QED) is 0.772. The molecule has 0 spiro atoms. The maximum absolute atomic E-state index is 12.5. The van der Waals surface area contributed by atoms with Gasteiger partial charge in [-0.2, -0.15) is 0 Å². The third-order valence-electron chi connectivity index (χ3n) is 5.05. The first-order valence-electron chi connectivity index (χ1n) is 7.98. The summed E-state index contributed by atoms with van der Waals surface area (Å²) >= 11 is 0. The Morgan fingerprint density at radius 3 is 2.74 bits per heavy atom. The Morgan fingerprint density at radius 1 is 1.35 bits per heavy atom. The molecule has 2 aliphatic rings. The zero-order chi connectivity index (χ0) is 16.8. The standard InChI is InChI=1S/C15H24N4O3S/c1-11-12(2)19-6-5-18(8-14(19)16-11)9-15(20)17(3)13-4-7-23(21,22)10-13/h13H,4-10H2,1-3H3. The van der Waals surface area contributed by atoms with Gasteiger partial charge in [-0.25, -0.2) is 13.4 Å². The number of aromatic nitrogens is 2. The molecule has 2 aliphatic heterocycles. The first kappa shape index (κ1) is 16.4. The van der Waals surface area contributed by atoms with Crippen LogP contribution < -0.4 is 0 Å². The fourth-order valence-electron chi connectivity index (χ4n) is 3.38. The third kappa shape index (κ3) is 3.28. The minimum atomic E-state index is -2.97. The second-order valence-corrected chi connectivity index (χ2v) is 8.85. The van der Waals surface area contributed by atoms with Crippen molar-refractivity contribution in [3.05, 3.63) is 17.2 Å². The summed E-state index contributed by atoms with van der Waals surface area (Å²) in [6, 6.07) is -0.177. The van der Waals surface area contributed by atoms with Crippen molar-refractivity contribution >= 4 is 15.7 Å². The molecule has 0 aromatic carbocycles. The van der Waals surface area contributed by atoms with Crippen LogP contribution in [-0.2, 0) is 27.7 Å². The van der Waals surface area contributed by atoms with E-state index >= 15 is 0 Å². The van der Waals surface area contributed by atoms with Crippen LogP contribution in [0.3, 0.4) is 0 Å². The first-order chi connectivity index (χ1) is 10.8. The highest BCUT2D eigenvalue weighted by atomic mass is 32.2. The predicted octanol–water partition coefficient (Wildman–Crippen LogP) is -0.0390. The van der Waals surface area contributed by atoms with Crippen LogP contribution in [0.1, 0.15) is 23.6 Å². The molecule has 3 heterocycles. The molecule has 128 valence electrons. The number of sulfone groups is 1. The minimum Gasteiger partial charge on any atom is -0.341 e. The Bertz CT molecular complexity index is 725. The molecule has 1 aromatic rings. The van der Waals surface area contributed by atoms with Crippen LogP contribution in [0.15, 0.2) is 0 Å². The number of likely N-dealkylation sites (N-methyl/N-ethyl adjacent to an activating group) is 1.